The first-order valence-electron chi connectivity index (χ1n) is 6.64. The van der Waals surface area contributed by atoms with Crippen molar-refractivity contribution in [2.24, 2.45) is 7.05 Å². The van der Waals surface area contributed by atoms with Crippen molar-refractivity contribution in [3.05, 3.63) is 10.3 Å². The molecule has 0 amide bonds. The van der Waals surface area contributed by atoms with E-state index in [0.29, 0.717) is 6.04 Å². The summed E-state index contributed by atoms with van der Waals surface area (Å²) in [5, 5.41) is 11.6. The molecule has 0 aromatic carbocycles. The van der Waals surface area contributed by atoms with Crippen LogP contribution in [0.2, 0.25) is 0 Å². The van der Waals surface area contributed by atoms with E-state index in [1.807, 2.05) is 11.7 Å². The number of hydrogen-bond acceptors (Lipinski definition) is 4. The molecule has 104 valence electrons. The third-order valence-corrected chi connectivity index (χ3v) is 3.80. The third kappa shape index (κ3) is 4.03. The van der Waals surface area contributed by atoms with Crippen LogP contribution in [-0.2, 0) is 7.05 Å². The molecule has 18 heavy (non-hydrogen) atoms. The van der Waals surface area contributed by atoms with Crippen molar-refractivity contribution in [1.82, 2.24) is 25.2 Å². The SMILES string of the molecule is CCNC(CCN(CC)CC)c1c(Br)nnn1C. The van der Waals surface area contributed by atoms with Crippen LogP contribution >= 0.6 is 15.9 Å². The Kier molecular flexibility index (Phi) is 6.81. The van der Waals surface area contributed by atoms with Crippen molar-refractivity contribution in [3.63, 3.8) is 0 Å². The minimum Gasteiger partial charge on any atom is -0.309 e. The van der Waals surface area contributed by atoms with Gasteiger partial charge < -0.3 is 10.2 Å². The molecular weight excluding hydrogens is 294 g/mol. The van der Waals surface area contributed by atoms with Crippen LogP contribution in [0.5, 0.6) is 0 Å². The Hall–Kier alpha value is -0.460. The van der Waals surface area contributed by atoms with Gasteiger partial charge in [0.15, 0.2) is 4.60 Å². The molecule has 0 saturated heterocycles. The van der Waals surface area contributed by atoms with E-state index in [9.17, 15) is 0 Å². The highest BCUT2D eigenvalue weighted by Crippen LogP contribution is 2.23. The summed E-state index contributed by atoms with van der Waals surface area (Å²) >= 11 is 3.48. The first-order valence-corrected chi connectivity index (χ1v) is 7.44. The number of halogens is 1. The van der Waals surface area contributed by atoms with E-state index < -0.39 is 0 Å². The summed E-state index contributed by atoms with van der Waals surface area (Å²) in [5.41, 5.74) is 1.13. The molecule has 1 unspecified atom stereocenters. The minimum absolute atomic E-state index is 0.296. The van der Waals surface area contributed by atoms with Gasteiger partial charge in [0.2, 0.25) is 0 Å². The van der Waals surface area contributed by atoms with Gasteiger partial charge in [-0.1, -0.05) is 26.0 Å². The summed E-state index contributed by atoms with van der Waals surface area (Å²) in [6, 6.07) is 0.296. The maximum atomic E-state index is 4.06. The van der Waals surface area contributed by atoms with E-state index in [0.717, 1.165) is 42.9 Å². The van der Waals surface area contributed by atoms with E-state index in [1.165, 1.54) is 0 Å². The molecule has 6 heteroatoms. The largest absolute Gasteiger partial charge is 0.309 e. The molecule has 0 aliphatic carbocycles. The second-order valence-corrected chi connectivity index (χ2v) is 5.07. The summed E-state index contributed by atoms with van der Waals surface area (Å²) in [6.07, 6.45) is 1.06. The quantitative estimate of drug-likeness (QED) is 0.796. The Bertz CT molecular complexity index is 329. The number of hydrogen-bond donors (Lipinski definition) is 1. The highest BCUT2D eigenvalue weighted by molar-refractivity contribution is 9.10. The van der Waals surface area contributed by atoms with Crippen LogP contribution in [0.1, 0.15) is 38.9 Å². The van der Waals surface area contributed by atoms with E-state index >= 15 is 0 Å². The van der Waals surface area contributed by atoms with E-state index in [2.05, 4.69) is 57.2 Å². The highest BCUT2D eigenvalue weighted by atomic mass is 79.9. The predicted molar refractivity (Wildman–Crippen MR) is 77.5 cm³/mol. The molecule has 0 aliphatic rings. The van der Waals surface area contributed by atoms with Crippen molar-refractivity contribution in [2.45, 2.75) is 33.2 Å². The Balaban J connectivity index is 2.71. The fraction of sp³-hybridized carbons (Fsp3) is 0.833. The summed E-state index contributed by atoms with van der Waals surface area (Å²) in [6.45, 7) is 10.8. The Morgan fingerprint density at radius 1 is 1.33 bits per heavy atom. The molecule has 0 spiro atoms. The molecular formula is C12H24BrN5. The zero-order valence-corrected chi connectivity index (χ0v) is 13.4. The smallest absolute Gasteiger partial charge is 0.153 e. The lowest BCUT2D eigenvalue weighted by Gasteiger charge is -2.23. The maximum Gasteiger partial charge on any atom is 0.153 e. The molecule has 0 bridgehead atoms. The molecule has 0 fully saturated rings. The lowest BCUT2D eigenvalue weighted by molar-refractivity contribution is 0.279. The minimum atomic E-state index is 0.296. The third-order valence-electron chi connectivity index (χ3n) is 3.24. The lowest BCUT2D eigenvalue weighted by Crippen LogP contribution is -2.30. The van der Waals surface area contributed by atoms with Crippen molar-refractivity contribution >= 4 is 15.9 Å². The second kappa shape index (κ2) is 7.86. The van der Waals surface area contributed by atoms with Crippen LogP contribution in [0.4, 0.5) is 0 Å². The average molecular weight is 318 g/mol. The van der Waals surface area contributed by atoms with Crippen LogP contribution in [0.3, 0.4) is 0 Å². The molecule has 1 rings (SSSR count). The Morgan fingerprint density at radius 2 is 2.00 bits per heavy atom. The molecule has 1 aromatic rings. The monoisotopic (exact) mass is 317 g/mol. The summed E-state index contributed by atoms with van der Waals surface area (Å²) in [7, 11) is 1.94. The van der Waals surface area contributed by atoms with Crippen LogP contribution in [0.25, 0.3) is 0 Å². The Labute approximate surface area is 118 Å². The second-order valence-electron chi connectivity index (χ2n) is 4.31. The van der Waals surface area contributed by atoms with Crippen molar-refractivity contribution in [2.75, 3.05) is 26.2 Å². The van der Waals surface area contributed by atoms with Gasteiger partial charge in [0.05, 0.1) is 11.7 Å². The molecule has 0 aliphatic heterocycles. The maximum absolute atomic E-state index is 4.06. The molecule has 1 atom stereocenters. The molecule has 5 nitrogen and oxygen atoms in total. The molecule has 0 saturated carbocycles. The van der Waals surface area contributed by atoms with Crippen LogP contribution in [0, 0.1) is 0 Å². The summed E-state index contributed by atoms with van der Waals surface area (Å²) in [4.78, 5) is 2.43. The number of aromatic nitrogens is 3. The van der Waals surface area contributed by atoms with Gasteiger partial charge in [-0.05, 0) is 48.5 Å². The highest BCUT2D eigenvalue weighted by Gasteiger charge is 2.19. The number of aryl methyl sites for hydroxylation is 1. The van der Waals surface area contributed by atoms with Gasteiger partial charge in [-0.3, -0.25) is 0 Å². The average Bonchev–Trinajstić information content (AvgIpc) is 2.69. The van der Waals surface area contributed by atoms with Crippen LogP contribution < -0.4 is 5.32 Å². The number of nitrogens with zero attached hydrogens (tertiary/aromatic N) is 4. The van der Waals surface area contributed by atoms with Crippen molar-refractivity contribution in [1.29, 1.82) is 0 Å². The van der Waals surface area contributed by atoms with Gasteiger partial charge in [0.1, 0.15) is 0 Å². The van der Waals surface area contributed by atoms with Crippen molar-refractivity contribution < 1.29 is 0 Å². The fourth-order valence-corrected chi connectivity index (χ4v) is 2.75. The zero-order chi connectivity index (χ0) is 13.5. The first kappa shape index (κ1) is 15.6. The normalized spacial score (nSPS) is 13.2. The topological polar surface area (TPSA) is 46.0 Å². The van der Waals surface area contributed by atoms with Gasteiger partial charge >= 0.3 is 0 Å². The van der Waals surface area contributed by atoms with Gasteiger partial charge in [-0.15, -0.1) is 5.10 Å². The first-order chi connectivity index (χ1) is 8.63. The van der Waals surface area contributed by atoms with Crippen LogP contribution in [-0.4, -0.2) is 46.1 Å². The summed E-state index contributed by atoms with van der Waals surface area (Å²) < 4.78 is 2.69. The fourth-order valence-electron chi connectivity index (χ4n) is 2.14. The number of nitrogens with one attached hydrogen (secondary N) is 1. The van der Waals surface area contributed by atoms with Gasteiger partial charge in [-0.25, -0.2) is 4.68 Å². The summed E-state index contributed by atoms with van der Waals surface area (Å²) in [5.74, 6) is 0. The van der Waals surface area contributed by atoms with Gasteiger partial charge in [0.25, 0.3) is 0 Å². The van der Waals surface area contributed by atoms with Crippen molar-refractivity contribution in [3.8, 4) is 0 Å². The van der Waals surface area contributed by atoms with E-state index in [1.54, 1.807) is 0 Å². The number of rotatable bonds is 8. The van der Waals surface area contributed by atoms with Gasteiger partial charge in [0, 0.05) is 7.05 Å². The molecule has 1 N–H and O–H groups in total. The van der Waals surface area contributed by atoms with E-state index in [-0.39, 0.29) is 0 Å². The standard InChI is InChI=1S/C12H24BrN5/c1-5-14-10(8-9-18(6-2)7-3)11-12(13)15-16-17(11)4/h10,14H,5-9H2,1-4H3. The van der Waals surface area contributed by atoms with Gasteiger partial charge in [-0.2, -0.15) is 0 Å². The Morgan fingerprint density at radius 3 is 2.44 bits per heavy atom. The molecule has 1 aromatic heterocycles. The molecule has 0 radical (unpaired) electrons. The van der Waals surface area contributed by atoms with Crippen LogP contribution in [0.15, 0.2) is 4.60 Å². The zero-order valence-electron chi connectivity index (χ0n) is 11.8. The lowest BCUT2D eigenvalue weighted by atomic mass is 10.1. The predicted octanol–water partition coefficient (Wildman–Crippen LogP) is 1.96. The molecule has 1 heterocycles. The van der Waals surface area contributed by atoms with E-state index in [4.69, 9.17) is 0 Å².